The zero-order valence-electron chi connectivity index (χ0n) is 10.1. The van der Waals surface area contributed by atoms with Crippen LogP contribution in [-0.4, -0.2) is 48.2 Å². The van der Waals surface area contributed by atoms with Crippen LogP contribution in [0.2, 0.25) is 0 Å². The van der Waals surface area contributed by atoms with Crippen LogP contribution in [0.15, 0.2) is 16.5 Å². The monoisotopic (exact) mass is 253 g/mol. The lowest BCUT2D eigenvalue weighted by atomic mass is 10.1. The summed E-state index contributed by atoms with van der Waals surface area (Å²) in [5, 5.41) is 8.72. The van der Waals surface area contributed by atoms with Crippen LogP contribution in [0.3, 0.4) is 0 Å². The molecule has 0 aromatic carbocycles. The molecule has 1 saturated heterocycles. The van der Waals surface area contributed by atoms with E-state index in [0.29, 0.717) is 13.1 Å². The lowest BCUT2D eigenvalue weighted by Crippen LogP contribution is -2.40. The van der Waals surface area contributed by atoms with Crippen molar-refractivity contribution in [3.8, 4) is 0 Å². The molecule has 0 bridgehead atoms. The van der Waals surface area contributed by atoms with E-state index in [0.717, 1.165) is 12.8 Å². The van der Waals surface area contributed by atoms with Gasteiger partial charge in [-0.05, 0) is 25.0 Å². The highest BCUT2D eigenvalue weighted by Crippen LogP contribution is 2.17. The number of carbonyl (C=O) groups is 2. The molecule has 2 heterocycles. The van der Waals surface area contributed by atoms with Crippen LogP contribution in [0, 0.1) is 0 Å². The van der Waals surface area contributed by atoms with Crippen molar-refractivity contribution in [1.82, 2.24) is 4.90 Å². The Labute approximate surface area is 104 Å². The Morgan fingerprint density at radius 1 is 1.33 bits per heavy atom. The first-order valence-electron chi connectivity index (χ1n) is 5.77. The van der Waals surface area contributed by atoms with Crippen LogP contribution >= 0.6 is 0 Å². The second-order valence-electron chi connectivity index (χ2n) is 4.20. The van der Waals surface area contributed by atoms with Crippen molar-refractivity contribution in [3.05, 3.63) is 23.7 Å². The molecule has 0 saturated carbocycles. The summed E-state index contributed by atoms with van der Waals surface area (Å²) in [6, 6.07) is 2.69. The molecule has 2 rings (SSSR count). The Balaban J connectivity index is 2.01. The van der Waals surface area contributed by atoms with Crippen LogP contribution in [0.4, 0.5) is 0 Å². The van der Waals surface area contributed by atoms with Crippen LogP contribution < -0.4 is 0 Å². The van der Waals surface area contributed by atoms with Crippen molar-refractivity contribution in [2.24, 2.45) is 0 Å². The first-order chi connectivity index (χ1) is 8.61. The van der Waals surface area contributed by atoms with Gasteiger partial charge in [-0.25, -0.2) is 4.79 Å². The van der Waals surface area contributed by atoms with E-state index in [9.17, 15) is 9.59 Å². The maximum atomic E-state index is 12.0. The van der Waals surface area contributed by atoms with Gasteiger partial charge in [0.2, 0.25) is 5.76 Å². The number of rotatable bonds is 3. The number of ether oxygens (including phenoxy) is 1. The zero-order chi connectivity index (χ0) is 13.1. The van der Waals surface area contributed by atoms with E-state index in [1.54, 1.807) is 12.0 Å². The van der Waals surface area contributed by atoms with Gasteiger partial charge in [0.1, 0.15) is 0 Å². The molecule has 0 radical (unpaired) electrons. The van der Waals surface area contributed by atoms with Gasteiger partial charge in [-0.15, -0.1) is 0 Å². The van der Waals surface area contributed by atoms with Crippen molar-refractivity contribution in [1.29, 1.82) is 0 Å². The third-order valence-electron chi connectivity index (χ3n) is 3.09. The minimum atomic E-state index is -1.17. The summed E-state index contributed by atoms with van der Waals surface area (Å²) in [6.45, 7) is 1.20. The number of nitrogens with zero attached hydrogens (tertiary/aromatic N) is 1. The molecule has 0 spiro atoms. The summed E-state index contributed by atoms with van der Waals surface area (Å²) >= 11 is 0. The number of carbonyl (C=O) groups excluding carboxylic acids is 1. The van der Waals surface area contributed by atoms with E-state index in [1.165, 1.54) is 12.1 Å². The van der Waals surface area contributed by atoms with Gasteiger partial charge in [0.25, 0.3) is 5.91 Å². The Bertz CT molecular complexity index is 445. The molecule has 1 fully saturated rings. The first kappa shape index (κ1) is 12.6. The maximum absolute atomic E-state index is 12.0. The maximum Gasteiger partial charge on any atom is 0.371 e. The van der Waals surface area contributed by atoms with E-state index in [2.05, 4.69) is 0 Å². The molecule has 0 aliphatic carbocycles. The number of piperidine rings is 1. The fraction of sp³-hybridized carbons (Fsp3) is 0.500. The quantitative estimate of drug-likeness (QED) is 0.876. The number of methoxy groups -OCH3 is 1. The predicted molar refractivity (Wildman–Crippen MR) is 61.6 cm³/mol. The normalized spacial score (nSPS) is 16.8. The third-order valence-corrected chi connectivity index (χ3v) is 3.09. The smallest absolute Gasteiger partial charge is 0.371 e. The van der Waals surface area contributed by atoms with Crippen molar-refractivity contribution >= 4 is 11.9 Å². The Morgan fingerprint density at radius 3 is 2.44 bits per heavy atom. The number of aromatic carboxylic acids is 1. The lowest BCUT2D eigenvalue weighted by molar-refractivity contribution is 0.0333. The summed E-state index contributed by atoms with van der Waals surface area (Å²) in [6.07, 6.45) is 1.77. The topological polar surface area (TPSA) is 80.0 Å². The lowest BCUT2D eigenvalue weighted by Gasteiger charge is -2.30. The van der Waals surface area contributed by atoms with Crippen LogP contribution in [-0.2, 0) is 4.74 Å². The third kappa shape index (κ3) is 2.53. The fourth-order valence-electron chi connectivity index (χ4n) is 2.02. The molecule has 0 unspecified atom stereocenters. The Hall–Kier alpha value is -1.82. The molecular formula is C12H15NO5. The van der Waals surface area contributed by atoms with E-state index in [1.807, 2.05) is 0 Å². The van der Waals surface area contributed by atoms with E-state index in [4.69, 9.17) is 14.3 Å². The van der Waals surface area contributed by atoms with Crippen LogP contribution in [0.25, 0.3) is 0 Å². The highest BCUT2D eigenvalue weighted by atomic mass is 16.5. The summed E-state index contributed by atoms with van der Waals surface area (Å²) in [7, 11) is 1.66. The predicted octanol–water partition coefficient (Wildman–Crippen LogP) is 1.23. The number of hydrogen-bond acceptors (Lipinski definition) is 4. The minimum absolute atomic E-state index is 0.0725. The zero-order valence-corrected chi connectivity index (χ0v) is 10.1. The molecule has 1 aromatic rings. The van der Waals surface area contributed by atoms with Crippen molar-refractivity contribution in [3.63, 3.8) is 0 Å². The van der Waals surface area contributed by atoms with Gasteiger partial charge in [-0.2, -0.15) is 0 Å². The van der Waals surface area contributed by atoms with Crippen molar-refractivity contribution in [2.45, 2.75) is 18.9 Å². The summed E-state index contributed by atoms with van der Waals surface area (Å²) in [5.41, 5.74) is 0. The number of amides is 1. The highest BCUT2D eigenvalue weighted by molar-refractivity contribution is 5.93. The average Bonchev–Trinajstić information content (AvgIpc) is 2.88. The number of likely N-dealkylation sites (tertiary alicyclic amines) is 1. The number of furan rings is 1. The second kappa shape index (κ2) is 5.22. The van der Waals surface area contributed by atoms with Gasteiger partial charge in [0, 0.05) is 20.2 Å². The largest absolute Gasteiger partial charge is 0.475 e. The number of hydrogen-bond donors (Lipinski definition) is 1. The molecule has 98 valence electrons. The van der Waals surface area contributed by atoms with Crippen LogP contribution in [0.1, 0.15) is 34.0 Å². The molecule has 6 heteroatoms. The molecule has 1 aliphatic rings. The van der Waals surface area contributed by atoms with Crippen molar-refractivity contribution in [2.75, 3.05) is 20.2 Å². The summed E-state index contributed by atoms with van der Waals surface area (Å²) < 4.78 is 10.2. The summed E-state index contributed by atoms with van der Waals surface area (Å²) in [4.78, 5) is 24.3. The van der Waals surface area contributed by atoms with Gasteiger partial charge < -0.3 is 19.2 Å². The van der Waals surface area contributed by atoms with Gasteiger partial charge in [-0.3, -0.25) is 4.79 Å². The van der Waals surface area contributed by atoms with Crippen molar-refractivity contribution < 1.29 is 23.8 Å². The second-order valence-corrected chi connectivity index (χ2v) is 4.20. The minimum Gasteiger partial charge on any atom is -0.475 e. The SMILES string of the molecule is COC1CCN(C(=O)c2ccc(C(=O)O)o2)CC1. The highest BCUT2D eigenvalue weighted by Gasteiger charge is 2.25. The fourth-order valence-corrected chi connectivity index (χ4v) is 2.02. The van der Waals surface area contributed by atoms with Gasteiger partial charge in [0.15, 0.2) is 5.76 Å². The van der Waals surface area contributed by atoms with Gasteiger partial charge in [0.05, 0.1) is 6.10 Å². The molecule has 6 nitrogen and oxygen atoms in total. The summed E-state index contributed by atoms with van der Waals surface area (Å²) in [5.74, 6) is -1.59. The van der Waals surface area contributed by atoms with E-state index >= 15 is 0 Å². The molecule has 1 aliphatic heterocycles. The average molecular weight is 253 g/mol. The number of carboxylic acids is 1. The van der Waals surface area contributed by atoms with Crippen LogP contribution in [0.5, 0.6) is 0 Å². The van der Waals surface area contributed by atoms with Gasteiger partial charge >= 0.3 is 5.97 Å². The number of carboxylic acid groups (broad SMARTS) is 1. The molecular weight excluding hydrogens is 238 g/mol. The molecule has 1 N–H and O–H groups in total. The Morgan fingerprint density at radius 2 is 1.94 bits per heavy atom. The standard InChI is InChI=1S/C12H15NO5/c1-17-8-4-6-13(7-5-8)11(14)9-2-3-10(18-9)12(15)16/h2-3,8H,4-7H2,1H3,(H,15,16). The molecule has 18 heavy (non-hydrogen) atoms. The Kier molecular flexibility index (Phi) is 3.66. The van der Waals surface area contributed by atoms with E-state index in [-0.39, 0.29) is 23.5 Å². The molecule has 1 amide bonds. The first-order valence-corrected chi connectivity index (χ1v) is 5.77. The van der Waals surface area contributed by atoms with Gasteiger partial charge in [-0.1, -0.05) is 0 Å². The van der Waals surface area contributed by atoms with E-state index < -0.39 is 5.97 Å². The molecule has 1 aromatic heterocycles. The molecule has 0 atom stereocenters.